The van der Waals surface area contributed by atoms with Gasteiger partial charge in [0.25, 0.3) is 5.69 Å². The van der Waals surface area contributed by atoms with E-state index in [1.807, 2.05) is 6.92 Å². The number of nitrogens with one attached hydrogen (secondary N) is 1. The molecule has 1 saturated heterocycles. The summed E-state index contributed by atoms with van der Waals surface area (Å²) in [5.41, 5.74) is 1.60. The van der Waals surface area contributed by atoms with E-state index in [1.54, 1.807) is 24.4 Å². The Hall–Kier alpha value is -2.70. The molecular formula is C17H20N4O3. The van der Waals surface area contributed by atoms with Crippen LogP contribution in [0.1, 0.15) is 19.8 Å². The average molecular weight is 328 g/mol. The van der Waals surface area contributed by atoms with Gasteiger partial charge in [-0.05, 0) is 38.0 Å². The molecule has 1 aromatic heterocycles. The second-order valence-corrected chi connectivity index (χ2v) is 5.92. The lowest BCUT2D eigenvalue weighted by Gasteiger charge is -2.33. The van der Waals surface area contributed by atoms with E-state index in [0.29, 0.717) is 17.4 Å². The van der Waals surface area contributed by atoms with Gasteiger partial charge in [-0.2, -0.15) is 0 Å². The van der Waals surface area contributed by atoms with Gasteiger partial charge in [-0.15, -0.1) is 0 Å². The number of carbonyl (C=O) groups is 1. The van der Waals surface area contributed by atoms with Gasteiger partial charge in [0.15, 0.2) is 0 Å². The van der Waals surface area contributed by atoms with Crippen LogP contribution in [0.5, 0.6) is 0 Å². The molecule has 7 nitrogen and oxygen atoms in total. The predicted octanol–water partition coefficient (Wildman–Crippen LogP) is 2.50. The summed E-state index contributed by atoms with van der Waals surface area (Å²) in [6.45, 7) is 4.05. The highest BCUT2D eigenvalue weighted by molar-refractivity contribution is 5.97. The Morgan fingerprint density at radius 3 is 2.79 bits per heavy atom. The minimum Gasteiger partial charge on any atom is -0.370 e. The van der Waals surface area contributed by atoms with Gasteiger partial charge in [0.2, 0.25) is 5.91 Å². The third-order valence-electron chi connectivity index (χ3n) is 4.48. The van der Waals surface area contributed by atoms with Crippen LogP contribution in [-0.2, 0) is 4.79 Å². The molecule has 0 atom stereocenters. The first-order valence-corrected chi connectivity index (χ1v) is 8.16. The molecule has 1 aliphatic heterocycles. The minimum absolute atomic E-state index is 0.0403. The van der Waals surface area contributed by atoms with Crippen molar-refractivity contribution in [3.05, 3.63) is 40.6 Å². The zero-order valence-corrected chi connectivity index (χ0v) is 13.6. The lowest BCUT2D eigenvalue weighted by atomic mass is 9.95. The maximum absolute atomic E-state index is 12.0. The Morgan fingerprint density at radius 2 is 2.12 bits per heavy atom. The molecule has 1 amide bonds. The van der Waals surface area contributed by atoms with E-state index in [0.717, 1.165) is 31.6 Å². The number of aromatic nitrogens is 1. The zero-order chi connectivity index (χ0) is 17.1. The van der Waals surface area contributed by atoms with Crippen molar-refractivity contribution in [3.63, 3.8) is 0 Å². The van der Waals surface area contributed by atoms with Crippen molar-refractivity contribution in [2.75, 3.05) is 24.5 Å². The number of rotatable bonds is 4. The Morgan fingerprint density at radius 1 is 1.38 bits per heavy atom. The number of hydrogen-bond acceptors (Lipinski definition) is 5. The summed E-state index contributed by atoms with van der Waals surface area (Å²) in [7, 11) is 0. The van der Waals surface area contributed by atoms with Gasteiger partial charge in [-0.1, -0.05) is 0 Å². The molecule has 0 spiro atoms. The first kappa shape index (κ1) is 16.2. The van der Waals surface area contributed by atoms with Crippen molar-refractivity contribution in [1.29, 1.82) is 0 Å². The first-order valence-electron chi connectivity index (χ1n) is 8.16. The van der Waals surface area contributed by atoms with Crippen LogP contribution in [0.4, 0.5) is 11.4 Å². The monoisotopic (exact) mass is 328 g/mol. The molecule has 1 aliphatic rings. The largest absolute Gasteiger partial charge is 0.370 e. The number of benzene rings is 1. The van der Waals surface area contributed by atoms with E-state index in [4.69, 9.17) is 0 Å². The molecule has 126 valence electrons. The molecule has 7 heteroatoms. The summed E-state index contributed by atoms with van der Waals surface area (Å²) in [6, 6.07) is 6.74. The maximum Gasteiger partial charge on any atom is 0.278 e. The third kappa shape index (κ3) is 3.02. The van der Waals surface area contributed by atoms with Gasteiger partial charge in [-0.25, -0.2) is 0 Å². The van der Waals surface area contributed by atoms with Crippen LogP contribution < -0.4 is 10.2 Å². The van der Waals surface area contributed by atoms with Crippen molar-refractivity contribution >= 4 is 28.2 Å². The van der Waals surface area contributed by atoms with Crippen LogP contribution in [0.2, 0.25) is 0 Å². The second-order valence-electron chi connectivity index (χ2n) is 5.92. The van der Waals surface area contributed by atoms with E-state index in [-0.39, 0.29) is 22.4 Å². The fourth-order valence-corrected chi connectivity index (χ4v) is 3.26. The molecule has 2 aromatic rings. The Kier molecular flexibility index (Phi) is 4.59. The Balaban J connectivity index is 1.85. The number of amides is 1. The number of fused-ring (bicyclic) bond motifs is 1. The fourth-order valence-electron chi connectivity index (χ4n) is 3.26. The van der Waals surface area contributed by atoms with Crippen LogP contribution in [0.15, 0.2) is 30.5 Å². The van der Waals surface area contributed by atoms with E-state index in [1.165, 1.54) is 6.07 Å². The van der Waals surface area contributed by atoms with Crippen molar-refractivity contribution in [1.82, 2.24) is 10.3 Å². The van der Waals surface area contributed by atoms with Gasteiger partial charge >= 0.3 is 0 Å². The fraction of sp³-hybridized carbons (Fsp3) is 0.412. The lowest BCUT2D eigenvalue weighted by Crippen LogP contribution is -2.40. The molecule has 0 bridgehead atoms. The molecule has 2 heterocycles. The molecule has 3 rings (SSSR count). The third-order valence-corrected chi connectivity index (χ3v) is 4.48. The van der Waals surface area contributed by atoms with Crippen LogP contribution in [0.25, 0.3) is 10.9 Å². The quantitative estimate of drug-likeness (QED) is 0.688. The number of piperidine rings is 1. The summed E-state index contributed by atoms with van der Waals surface area (Å²) < 4.78 is 0. The number of carbonyl (C=O) groups excluding carboxylic acids is 1. The van der Waals surface area contributed by atoms with Gasteiger partial charge in [-0.3, -0.25) is 19.9 Å². The van der Waals surface area contributed by atoms with Crippen LogP contribution >= 0.6 is 0 Å². The highest BCUT2D eigenvalue weighted by atomic mass is 16.6. The predicted molar refractivity (Wildman–Crippen MR) is 92.0 cm³/mol. The number of nitro benzene ring substituents is 1. The lowest BCUT2D eigenvalue weighted by molar-refractivity contribution is -0.383. The van der Waals surface area contributed by atoms with Crippen molar-refractivity contribution in [2.45, 2.75) is 19.8 Å². The van der Waals surface area contributed by atoms with Gasteiger partial charge < -0.3 is 10.2 Å². The summed E-state index contributed by atoms with van der Waals surface area (Å²) in [5, 5.41) is 14.6. The molecule has 0 unspecified atom stereocenters. The van der Waals surface area contributed by atoms with Crippen molar-refractivity contribution < 1.29 is 9.72 Å². The van der Waals surface area contributed by atoms with E-state index >= 15 is 0 Å². The second kappa shape index (κ2) is 6.82. The maximum atomic E-state index is 12.0. The summed E-state index contributed by atoms with van der Waals surface area (Å²) in [4.78, 5) is 29.3. The molecule has 24 heavy (non-hydrogen) atoms. The molecule has 0 saturated carbocycles. The summed E-state index contributed by atoms with van der Waals surface area (Å²) >= 11 is 0. The van der Waals surface area contributed by atoms with Crippen LogP contribution in [0.3, 0.4) is 0 Å². The van der Waals surface area contributed by atoms with Gasteiger partial charge in [0.05, 0.1) is 16.0 Å². The molecule has 1 N–H and O–H groups in total. The smallest absolute Gasteiger partial charge is 0.278 e. The number of nitro groups is 1. The van der Waals surface area contributed by atoms with E-state index in [2.05, 4.69) is 15.2 Å². The molecule has 0 radical (unpaired) electrons. The van der Waals surface area contributed by atoms with Crippen LogP contribution in [-0.4, -0.2) is 35.4 Å². The van der Waals surface area contributed by atoms with E-state index in [9.17, 15) is 14.9 Å². The number of non-ortho nitro benzene ring substituents is 1. The standard InChI is InChI=1S/C17H20N4O3/c1-2-18-17(22)12-7-10-20(11-8-12)15-6-5-14(21(23)24)13-4-3-9-19-16(13)15/h3-6,9,12H,2,7-8,10-11H2,1H3,(H,18,22). The normalized spacial score (nSPS) is 15.5. The highest BCUT2D eigenvalue weighted by Crippen LogP contribution is 2.33. The van der Waals surface area contributed by atoms with Crippen LogP contribution in [0, 0.1) is 16.0 Å². The molecule has 1 aromatic carbocycles. The van der Waals surface area contributed by atoms with Gasteiger partial charge in [0, 0.05) is 37.8 Å². The number of nitrogens with zero attached hydrogens (tertiary/aromatic N) is 3. The van der Waals surface area contributed by atoms with Crippen molar-refractivity contribution in [3.8, 4) is 0 Å². The van der Waals surface area contributed by atoms with Gasteiger partial charge in [0.1, 0.15) is 5.52 Å². The summed E-state index contributed by atoms with van der Waals surface area (Å²) in [5.74, 6) is 0.155. The first-order chi connectivity index (χ1) is 11.6. The number of hydrogen-bond donors (Lipinski definition) is 1. The molecule has 1 fully saturated rings. The summed E-state index contributed by atoms with van der Waals surface area (Å²) in [6.07, 6.45) is 3.20. The zero-order valence-electron chi connectivity index (χ0n) is 13.6. The average Bonchev–Trinajstić information content (AvgIpc) is 2.61. The molecule has 0 aliphatic carbocycles. The Labute approximate surface area is 139 Å². The number of pyridine rings is 1. The van der Waals surface area contributed by atoms with Crippen molar-refractivity contribution in [2.24, 2.45) is 5.92 Å². The highest BCUT2D eigenvalue weighted by Gasteiger charge is 2.26. The number of anilines is 1. The van der Waals surface area contributed by atoms with E-state index < -0.39 is 0 Å². The minimum atomic E-state index is -0.380. The SMILES string of the molecule is CCNC(=O)C1CCN(c2ccc([N+](=O)[O-])c3cccnc23)CC1. The molecular weight excluding hydrogens is 308 g/mol. The Bertz CT molecular complexity index is 770. The topological polar surface area (TPSA) is 88.4 Å².